The smallest absolute Gasteiger partial charge is 0.269 e. The van der Waals surface area contributed by atoms with Crippen LogP contribution in [0.4, 0.5) is 5.69 Å². The van der Waals surface area contributed by atoms with Crippen LogP contribution < -0.4 is 10.5 Å². The molecule has 0 fully saturated rings. The number of oxime groups is 1. The van der Waals surface area contributed by atoms with E-state index in [4.69, 9.17) is 15.7 Å². The number of nitro benzene ring substituents is 1. The highest BCUT2D eigenvalue weighted by molar-refractivity contribution is 5.85. The second-order valence-electron chi connectivity index (χ2n) is 5.17. The molecule has 0 saturated heterocycles. The highest BCUT2D eigenvalue weighted by Gasteiger charge is 2.23. The second kappa shape index (κ2) is 6.23. The molecule has 0 aliphatic heterocycles. The van der Waals surface area contributed by atoms with E-state index in [9.17, 15) is 10.1 Å². The number of aryl methyl sites for hydroxylation is 1. The summed E-state index contributed by atoms with van der Waals surface area (Å²) < 4.78 is 5.59. The minimum absolute atomic E-state index is 0.0341. The van der Waals surface area contributed by atoms with E-state index in [2.05, 4.69) is 5.16 Å². The summed E-state index contributed by atoms with van der Waals surface area (Å²) in [6.07, 6.45) is 0.555. The van der Waals surface area contributed by atoms with Gasteiger partial charge >= 0.3 is 0 Å². The number of rotatable bonds is 6. The Labute approximate surface area is 117 Å². The van der Waals surface area contributed by atoms with Gasteiger partial charge in [0.1, 0.15) is 11.6 Å². The first-order valence-electron chi connectivity index (χ1n) is 6.14. The summed E-state index contributed by atoms with van der Waals surface area (Å²) >= 11 is 0. The molecule has 0 aliphatic rings. The van der Waals surface area contributed by atoms with Crippen molar-refractivity contribution in [3.05, 3.63) is 33.9 Å². The predicted octanol–water partition coefficient (Wildman–Crippen LogP) is 2.44. The number of hydrogen-bond donors (Lipinski definition) is 2. The molecule has 0 radical (unpaired) electrons. The molecule has 7 heteroatoms. The lowest BCUT2D eigenvalue weighted by molar-refractivity contribution is -0.384. The third-order valence-electron chi connectivity index (χ3n) is 3.16. The van der Waals surface area contributed by atoms with Crippen LogP contribution in [0.1, 0.15) is 25.8 Å². The fraction of sp³-hybridized carbons (Fsp3) is 0.462. The van der Waals surface area contributed by atoms with Crippen molar-refractivity contribution in [3.63, 3.8) is 0 Å². The van der Waals surface area contributed by atoms with E-state index in [0.717, 1.165) is 0 Å². The average molecular weight is 281 g/mol. The van der Waals surface area contributed by atoms with Crippen LogP contribution >= 0.6 is 0 Å². The number of nitro groups is 1. The van der Waals surface area contributed by atoms with E-state index in [0.29, 0.717) is 24.3 Å². The van der Waals surface area contributed by atoms with Gasteiger partial charge in [-0.3, -0.25) is 10.1 Å². The Balaban J connectivity index is 2.65. The molecule has 110 valence electrons. The summed E-state index contributed by atoms with van der Waals surface area (Å²) in [5.74, 6) is 0.729. The molecule has 1 aromatic rings. The van der Waals surface area contributed by atoms with Crippen molar-refractivity contribution in [3.8, 4) is 5.75 Å². The van der Waals surface area contributed by atoms with Crippen molar-refractivity contribution in [1.82, 2.24) is 0 Å². The van der Waals surface area contributed by atoms with Crippen LogP contribution in [0.2, 0.25) is 0 Å². The first-order chi connectivity index (χ1) is 9.27. The lowest BCUT2D eigenvalue weighted by atomic mass is 9.88. The number of amidine groups is 1. The van der Waals surface area contributed by atoms with Crippen LogP contribution in [-0.4, -0.2) is 22.6 Å². The van der Waals surface area contributed by atoms with Gasteiger partial charge < -0.3 is 15.7 Å². The quantitative estimate of drug-likeness (QED) is 0.273. The summed E-state index contributed by atoms with van der Waals surface area (Å²) in [7, 11) is 0. The lowest BCUT2D eigenvalue weighted by Gasteiger charge is -2.22. The van der Waals surface area contributed by atoms with Crippen molar-refractivity contribution < 1.29 is 14.9 Å². The molecule has 0 aromatic heterocycles. The molecule has 0 aliphatic carbocycles. The van der Waals surface area contributed by atoms with E-state index < -0.39 is 10.3 Å². The molecule has 1 aromatic carbocycles. The summed E-state index contributed by atoms with van der Waals surface area (Å²) in [5.41, 5.74) is 5.83. The van der Waals surface area contributed by atoms with Crippen molar-refractivity contribution in [2.45, 2.75) is 27.2 Å². The standard InChI is InChI=1S/C13H19N3O4/c1-9-8-10(16(18)19)4-5-11(9)20-7-6-13(2,3)12(14)15-17/h4-5,8,17H,6-7H2,1-3H3,(H2,14,15). The number of non-ortho nitro benzene ring substituents is 1. The fourth-order valence-corrected chi connectivity index (χ4v) is 1.59. The third-order valence-corrected chi connectivity index (χ3v) is 3.16. The molecule has 20 heavy (non-hydrogen) atoms. The molecule has 0 bridgehead atoms. The van der Waals surface area contributed by atoms with Crippen LogP contribution in [0, 0.1) is 22.5 Å². The number of hydrogen-bond acceptors (Lipinski definition) is 5. The van der Waals surface area contributed by atoms with Crippen LogP contribution in [0.5, 0.6) is 5.75 Å². The van der Waals surface area contributed by atoms with Crippen LogP contribution in [0.25, 0.3) is 0 Å². The molecule has 0 unspecified atom stereocenters. The van der Waals surface area contributed by atoms with Crippen LogP contribution in [-0.2, 0) is 0 Å². The van der Waals surface area contributed by atoms with Gasteiger partial charge in [0, 0.05) is 17.5 Å². The van der Waals surface area contributed by atoms with Crippen molar-refractivity contribution in [2.75, 3.05) is 6.61 Å². The maximum Gasteiger partial charge on any atom is 0.269 e. The zero-order valence-corrected chi connectivity index (χ0v) is 11.8. The van der Waals surface area contributed by atoms with E-state index in [1.54, 1.807) is 13.0 Å². The number of ether oxygens (including phenoxy) is 1. The number of benzene rings is 1. The summed E-state index contributed by atoms with van der Waals surface area (Å²) in [6.45, 7) is 5.79. The van der Waals surface area contributed by atoms with Gasteiger partial charge in [0.15, 0.2) is 0 Å². The molecular weight excluding hydrogens is 262 g/mol. The van der Waals surface area contributed by atoms with Crippen LogP contribution in [0.15, 0.2) is 23.4 Å². The fourth-order valence-electron chi connectivity index (χ4n) is 1.59. The number of nitrogens with two attached hydrogens (primary N) is 1. The molecule has 0 amide bonds. The molecule has 0 heterocycles. The van der Waals surface area contributed by atoms with Gasteiger partial charge in [0.2, 0.25) is 0 Å². The van der Waals surface area contributed by atoms with Gasteiger partial charge in [-0.25, -0.2) is 0 Å². The van der Waals surface area contributed by atoms with Gasteiger partial charge in [0.25, 0.3) is 5.69 Å². The number of nitrogens with zero attached hydrogens (tertiary/aromatic N) is 2. The first kappa shape index (κ1) is 15.7. The SMILES string of the molecule is Cc1cc([N+](=O)[O-])ccc1OCCC(C)(C)/C(N)=N/O. The molecule has 7 nitrogen and oxygen atoms in total. The van der Waals surface area contributed by atoms with E-state index in [-0.39, 0.29) is 11.5 Å². The van der Waals surface area contributed by atoms with E-state index in [1.807, 2.05) is 13.8 Å². The first-order valence-corrected chi connectivity index (χ1v) is 6.14. The molecular formula is C13H19N3O4. The van der Waals surface area contributed by atoms with Crippen molar-refractivity contribution in [1.29, 1.82) is 0 Å². The zero-order chi connectivity index (χ0) is 15.3. The van der Waals surface area contributed by atoms with Gasteiger partial charge in [-0.1, -0.05) is 19.0 Å². The monoisotopic (exact) mass is 281 g/mol. The Morgan fingerprint density at radius 3 is 2.70 bits per heavy atom. The van der Waals surface area contributed by atoms with Gasteiger partial charge in [-0.15, -0.1) is 0 Å². The molecule has 0 saturated carbocycles. The Bertz CT molecular complexity index is 526. The lowest BCUT2D eigenvalue weighted by Crippen LogP contribution is -2.33. The minimum atomic E-state index is -0.483. The Kier molecular flexibility index (Phi) is 4.90. The van der Waals surface area contributed by atoms with Crippen LogP contribution in [0.3, 0.4) is 0 Å². The topological polar surface area (TPSA) is 111 Å². The normalized spacial score (nSPS) is 12.2. The highest BCUT2D eigenvalue weighted by atomic mass is 16.6. The molecule has 1 rings (SSSR count). The second-order valence-corrected chi connectivity index (χ2v) is 5.17. The summed E-state index contributed by atoms with van der Waals surface area (Å²) in [5, 5.41) is 22.3. The molecule has 3 N–H and O–H groups in total. The maximum atomic E-state index is 10.6. The Morgan fingerprint density at radius 1 is 1.55 bits per heavy atom. The summed E-state index contributed by atoms with van der Waals surface area (Å²) in [6, 6.07) is 4.44. The third kappa shape index (κ3) is 3.84. The summed E-state index contributed by atoms with van der Waals surface area (Å²) in [4.78, 5) is 10.2. The highest BCUT2D eigenvalue weighted by Crippen LogP contribution is 2.25. The minimum Gasteiger partial charge on any atom is -0.493 e. The van der Waals surface area contributed by atoms with Crippen molar-refractivity contribution >= 4 is 11.5 Å². The Morgan fingerprint density at radius 2 is 2.20 bits per heavy atom. The van der Waals surface area contributed by atoms with E-state index in [1.165, 1.54) is 12.1 Å². The maximum absolute atomic E-state index is 10.6. The molecule has 0 spiro atoms. The predicted molar refractivity (Wildman–Crippen MR) is 75.1 cm³/mol. The molecule has 0 atom stereocenters. The van der Waals surface area contributed by atoms with Gasteiger partial charge in [-0.2, -0.15) is 0 Å². The Hall–Kier alpha value is -2.31. The zero-order valence-electron chi connectivity index (χ0n) is 11.8. The van der Waals surface area contributed by atoms with E-state index >= 15 is 0 Å². The van der Waals surface area contributed by atoms with Crippen molar-refractivity contribution in [2.24, 2.45) is 16.3 Å². The van der Waals surface area contributed by atoms with Gasteiger partial charge in [-0.05, 0) is 25.0 Å². The van der Waals surface area contributed by atoms with Gasteiger partial charge in [0.05, 0.1) is 11.5 Å². The average Bonchev–Trinajstić information content (AvgIpc) is 2.39. The largest absolute Gasteiger partial charge is 0.493 e.